The van der Waals surface area contributed by atoms with Crippen molar-refractivity contribution in [3.8, 4) is 0 Å². The average Bonchev–Trinajstić information content (AvgIpc) is 2.34. The van der Waals surface area contributed by atoms with Crippen LogP contribution in [0.2, 0.25) is 0 Å². The Morgan fingerprint density at radius 3 is 2.25 bits per heavy atom. The number of fused-ring (bicyclic) bond motifs is 4. The Morgan fingerprint density at radius 1 is 1.00 bits per heavy atom. The lowest BCUT2D eigenvalue weighted by Gasteiger charge is -2.39. The van der Waals surface area contributed by atoms with E-state index in [0.29, 0.717) is 6.61 Å². The van der Waals surface area contributed by atoms with Crippen LogP contribution < -0.4 is 5.73 Å². The molecule has 2 nitrogen and oxygen atoms in total. The van der Waals surface area contributed by atoms with E-state index in [1.165, 1.54) is 19.3 Å². The van der Waals surface area contributed by atoms with Crippen molar-refractivity contribution in [3.63, 3.8) is 0 Å². The number of rotatable bonds is 1. The van der Waals surface area contributed by atoms with Crippen molar-refractivity contribution >= 4 is 0 Å². The minimum absolute atomic E-state index is 0.134. The normalized spacial score (nSPS) is 47.5. The van der Waals surface area contributed by atoms with Crippen molar-refractivity contribution in [1.29, 1.82) is 0 Å². The molecule has 0 saturated heterocycles. The molecule has 0 aliphatic heterocycles. The average molecular weight is 169 g/mol. The summed E-state index contributed by atoms with van der Waals surface area (Å²) in [5, 5.41) is 9.33. The fraction of sp³-hybridized carbons (Fsp3) is 1.00. The molecule has 2 bridgehead atoms. The second-order valence-corrected chi connectivity index (χ2v) is 4.87. The summed E-state index contributed by atoms with van der Waals surface area (Å²) >= 11 is 0. The molecule has 70 valence electrons. The minimum Gasteiger partial charge on any atom is -0.396 e. The molecule has 3 aliphatic rings. The number of hydrogen-bond donors (Lipinski definition) is 2. The molecule has 3 aliphatic carbocycles. The molecule has 0 amide bonds. The maximum Gasteiger partial charge on any atom is 0.0487 e. The number of hydrogen-bond acceptors (Lipinski definition) is 2. The fourth-order valence-corrected chi connectivity index (χ4v) is 2.83. The van der Waals surface area contributed by atoms with Crippen LogP contribution in [0.1, 0.15) is 44.9 Å². The van der Waals surface area contributed by atoms with Crippen LogP contribution in [0.5, 0.6) is 0 Å². The van der Waals surface area contributed by atoms with Crippen molar-refractivity contribution in [2.24, 2.45) is 11.1 Å². The first-order chi connectivity index (χ1) is 5.68. The highest BCUT2D eigenvalue weighted by atomic mass is 16.3. The van der Waals surface area contributed by atoms with Crippen LogP contribution in [0.15, 0.2) is 0 Å². The van der Waals surface area contributed by atoms with Gasteiger partial charge in [-0.05, 0) is 43.9 Å². The lowest BCUT2D eigenvalue weighted by atomic mass is 9.70. The molecular weight excluding hydrogens is 150 g/mol. The number of nitrogens with two attached hydrogens (primary N) is 1. The summed E-state index contributed by atoms with van der Waals surface area (Å²) in [7, 11) is 0. The molecule has 0 aromatic rings. The summed E-state index contributed by atoms with van der Waals surface area (Å²) in [5.74, 6) is 0. The van der Waals surface area contributed by atoms with Gasteiger partial charge < -0.3 is 10.8 Å². The van der Waals surface area contributed by atoms with Crippen LogP contribution in [-0.2, 0) is 0 Å². The van der Waals surface area contributed by atoms with Gasteiger partial charge >= 0.3 is 0 Å². The number of aliphatic hydroxyl groups excluding tert-OH is 1. The van der Waals surface area contributed by atoms with Crippen LogP contribution >= 0.6 is 0 Å². The van der Waals surface area contributed by atoms with Crippen LogP contribution in [0.25, 0.3) is 0 Å². The molecule has 0 heterocycles. The third-order valence-electron chi connectivity index (χ3n) is 4.02. The van der Waals surface area contributed by atoms with E-state index >= 15 is 0 Å². The highest BCUT2D eigenvalue weighted by Gasteiger charge is 2.42. The Kier molecular flexibility index (Phi) is 1.92. The monoisotopic (exact) mass is 169 g/mol. The fourth-order valence-electron chi connectivity index (χ4n) is 2.83. The predicted octanol–water partition coefficient (Wildman–Crippen LogP) is 1.42. The Bertz CT molecular complexity index is 171. The van der Waals surface area contributed by atoms with E-state index in [1.54, 1.807) is 0 Å². The van der Waals surface area contributed by atoms with E-state index in [-0.39, 0.29) is 11.0 Å². The lowest BCUT2D eigenvalue weighted by molar-refractivity contribution is 0.0688. The second-order valence-electron chi connectivity index (χ2n) is 4.87. The first-order valence-electron chi connectivity index (χ1n) is 5.08. The molecule has 3 rings (SSSR count). The zero-order chi connectivity index (χ0) is 8.66. The van der Waals surface area contributed by atoms with E-state index in [2.05, 4.69) is 0 Å². The molecule has 0 unspecified atom stereocenters. The van der Waals surface area contributed by atoms with Gasteiger partial charge in [0.05, 0.1) is 0 Å². The largest absolute Gasteiger partial charge is 0.396 e. The molecule has 0 radical (unpaired) electrons. The maximum atomic E-state index is 9.33. The zero-order valence-corrected chi connectivity index (χ0v) is 7.68. The molecule has 0 atom stereocenters. The SMILES string of the molecule is NC12CCCC(CO)(CC1)CC2. The van der Waals surface area contributed by atoms with Gasteiger partial charge in [-0.25, -0.2) is 0 Å². The van der Waals surface area contributed by atoms with E-state index in [9.17, 15) is 5.11 Å². The summed E-state index contributed by atoms with van der Waals surface area (Å²) in [6, 6.07) is 0. The third-order valence-corrected chi connectivity index (χ3v) is 4.02. The standard InChI is InChI=1S/C10H19NO/c11-10-3-1-2-9(8-12,4-6-10)5-7-10/h12H,1-8,11H2. The van der Waals surface area contributed by atoms with Crippen molar-refractivity contribution in [2.45, 2.75) is 50.5 Å². The van der Waals surface area contributed by atoms with Gasteiger partial charge in [-0.1, -0.05) is 6.42 Å². The van der Waals surface area contributed by atoms with Gasteiger partial charge in [0.1, 0.15) is 0 Å². The van der Waals surface area contributed by atoms with E-state index < -0.39 is 0 Å². The highest BCUT2D eigenvalue weighted by molar-refractivity contribution is 4.99. The molecular formula is C10H19NO. The zero-order valence-electron chi connectivity index (χ0n) is 7.68. The molecule has 3 N–H and O–H groups in total. The van der Waals surface area contributed by atoms with Crippen LogP contribution in [0, 0.1) is 5.41 Å². The molecule has 0 aromatic heterocycles. The topological polar surface area (TPSA) is 46.2 Å². The van der Waals surface area contributed by atoms with Gasteiger partial charge in [0.2, 0.25) is 0 Å². The predicted molar refractivity (Wildman–Crippen MR) is 48.8 cm³/mol. The molecule has 3 fully saturated rings. The van der Waals surface area contributed by atoms with Gasteiger partial charge in [-0.15, -0.1) is 0 Å². The summed E-state index contributed by atoms with van der Waals surface area (Å²) in [6.45, 7) is 0.378. The Hall–Kier alpha value is -0.0800. The van der Waals surface area contributed by atoms with Gasteiger partial charge in [-0.2, -0.15) is 0 Å². The Morgan fingerprint density at radius 2 is 1.67 bits per heavy atom. The van der Waals surface area contributed by atoms with E-state index in [0.717, 1.165) is 25.7 Å². The van der Waals surface area contributed by atoms with Crippen LogP contribution in [-0.4, -0.2) is 17.3 Å². The van der Waals surface area contributed by atoms with Crippen LogP contribution in [0.3, 0.4) is 0 Å². The summed E-state index contributed by atoms with van der Waals surface area (Å²) in [6.07, 6.45) is 8.16. The van der Waals surface area contributed by atoms with E-state index in [4.69, 9.17) is 5.73 Å². The minimum atomic E-state index is 0.134. The molecule has 0 spiro atoms. The first kappa shape index (κ1) is 8.52. The van der Waals surface area contributed by atoms with Crippen molar-refractivity contribution < 1.29 is 5.11 Å². The lowest BCUT2D eigenvalue weighted by Crippen LogP contribution is -2.44. The number of aliphatic hydroxyl groups is 1. The van der Waals surface area contributed by atoms with Gasteiger partial charge in [0.15, 0.2) is 0 Å². The summed E-state index contributed by atoms with van der Waals surface area (Å²) in [4.78, 5) is 0. The highest BCUT2D eigenvalue weighted by Crippen LogP contribution is 2.48. The van der Waals surface area contributed by atoms with Gasteiger partial charge in [0.25, 0.3) is 0 Å². The first-order valence-corrected chi connectivity index (χ1v) is 5.08. The Balaban J connectivity index is 2.15. The van der Waals surface area contributed by atoms with Crippen LogP contribution in [0.4, 0.5) is 0 Å². The van der Waals surface area contributed by atoms with E-state index in [1.807, 2.05) is 0 Å². The van der Waals surface area contributed by atoms with Crippen molar-refractivity contribution in [2.75, 3.05) is 6.61 Å². The molecule has 0 aromatic carbocycles. The van der Waals surface area contributed by atoms with Gasteiger partial charge in [0, 0.05) is 12.1 Å². The van der Waals surface area contributed by atoms with Gasteiger partial charge in [-0.3, -0.25) is 0 Å². The summed E-state index contributed by atoms with van der Waals surface area (Å²) in [5.41, 5.74) is 6.63. The van der Waals surface area contributed by atoms with Crippen molar-refractivity contribution in [3.05, 3.63) is 0 Å². The molecule has 12 heavy (non-hydrogen) atoms. The Labute approximate surface area is 74.1 Å². The smallest absolute Gasteiger partial charge is 0.0487 e. The quantitative estimate of drug-likeness (QED) is 0.623. The molecule has 3 saturated carbocycles. The second kappa shape index (κ2) is 2.71. The summed E-state index contributed by atoms with van der Waals surface area (Å²) < 4.78 is 0. The van der Waals surface area contributed by atoms with Crippen molar-refractivity contribution in [1.82, 2.24) is 0 Å². The third kappa shape index (κ3) is 1.27. The molecule has 2 heteroatoms. The maximum absolute atomic E-state index is 9.33.